The lowest BCUT2D eigenvalue weighted by atomic mass is 9.47. The predicted octanol–water partition coefficient (Wildman–Crippen LogP) is 10.5. The fourth-order valence-electron chi connectivity index (χ4n) is 13.5. The third-order valence-corrected chi connectivity index (χ3v) is 17.9. The van der Waals surface area contributed by atoms with Gasteiger partial charge in [-0.25, -0.2) is 0 Å². The number of rotatable bonds is 19. The van der Waals surface area contributed by atoms with Gasteiger partial charge in [0.05, 0.1) is 23.8 Å². The van der Waals surface area contributed by atoms with Crippen molar-refractivity contribution >= 4 is 41.5 Å². The van der Waals surface area contributed by atoms with Crippen LogP contribution < -0.4 is 0 Å². The Bertz CT molecular complexity index is 1880. The molecule has 0 spiro atoms. The van der Waals surface area contributed by atoms with Crippen molar-refractivity contribution in [3.05, 3.63) is 47.0 Å². The van der Waals surface area contributed by atoms with E-state index in [1.165, 1.54) is 90.3 Å². The number of hydrogen-bond donors (Lipinski definition) is 0. The van der Waals surface area contributed by atoms with Crippen molar-refractivity contribution in [1.29, 1.82) is 0 Å². The minimum atomic E-state index is -1.26. The summed E-state index contributed by atoms with van der Waals surface area (Å²) in [5, 5.41) is 0. The first-order chi connectivity index (χ1) is 31.0. The molecular weight excluding hydrogens is 843 g/mol. The Morgan fingerprint density at radius 1 is 0.785 bits per heavy atom. The second kappa shape index (κ2) is 21.4. The number of allylic oxidation sites excluding steroid dienone is 1. The first-order valence-electron chi connectivity index (χ1n) is 25.1. The van der Waals surface area contributed by atoms with Gasteiger partial charge in [0.2, 0.25) is 0 Å². The molecule has 7 rings (SSSR count). The highest BCUT2D eigenvalue weighted by Gasteiger charge is 2.59. The summed E-state index contributed by atoms with van der Waals surface area (Å²) in [5.74, 6) is 2.71. The van der Waals surface area contributed by atoms with Crippen molar-refractivity contribution < 1.29 is 47.7 Å². The van der Waals surface area contributed by atoms with Crippen molar-refractivity contribution in [2.24, 2.45) is 46.3 Å². The van der Waals surface area contributed by atoms with Crippen LogP contribution in [0.4, 0.5) is 0 Å². The topological polar surface area (TPSA) is 135 Å². The van der Waals surface area contributed by atoms with Crippen LogP contribution in [0.15, 0.2) is 35.9 Å². The minimum Gasteiger partial charge on any atom is -0.456 e. The van der Waals surface area contributed by atoms with E-state index in [0.717, 1.165) is 85.5 Å². The quantitative estimate of drug-likeness (QED) is 0.0431. The van der Waals surface area contributed by atoms with Gasteiger partial charge in [0.15, 0.2) is 18.3 Å². The van der Waals surface area contributed by atoms with Gasteiger partial charge < -0.3 is 23.7 Å². The van der Waals surface area contributed by atoms with E-state index in [0.29, 0.717) is 16.6 Å². The van der Waals surface area contributed by atoms with E-state index >= 15 is 0 Å². The smallest absolute Gasteiger partial charge is 0.303 e. The highest BCUT2D eigenvalue weighted by atomic mass is 32.2. The maximum Gasteiger partial charge on any atom is 0.303 e. The van der Waals surface area contributed by atoms with Gasteiger partial charge in [-0.3, -0.25) is 28.9 Å². The molecule has 4 aliphatic carbocycles. The molecule has 6 aliphatic rings. The zero-order valence-corrected chi connectivity index (χ0v) is 41.3. The maximum atomic E-state index is 13.4. The van der Waals surface area contributed by atoms with Gasteiger partial charge in [-0.1, -0.05) is 90.5 Å². The average Bonchev–Trinajstić information content (AvgIpc) is 3.73. The van der Waals surface area contributed by atoms with Crippen molar-refractivity contribution in [3.8, 4) is 0 Å². The van der Waals surface area contributed by atoms with Gasteiger partial charge in [0.25, 0.3) is 11.8 Å². The summed E-state index contributed by atoms with van der Waals surface area (Å²) in [5.41, 5.74) is 2.20. The highest BCUT2D eigenvalue weighted by Crippen LogP contribution is 2.67. The summed E-state index contributed by atoms with van der Waals surface area (Å²) < 4.78 is 30.1. The highest BCUT2D eigenvalue weighted by molar-refractivity contribution is 7.99. The van der Waals surface area contributed by atoms with Crippen LogP contribution in [0.1, 0.15) is 172 Å². The van der Waals surface area contributed by atoms with Crippen LogP contribution in [0.3, 0.4) is 0 Å². The molecule has 1 aromatic rings. The molecule has 13 atom stereocenters. The summed E-state index contributed by atoms with van der Waals surface area (Å²) >= 11 is 1.41. The molecule has 1 saturated heterocycles. The zero-order chi connectivity index (χ0) is 46.6. The minimum absolute atomic E-state index is 0.261. The molecule has 2 aliphatic heterocycles. The molecule has 360 valence electrons. The van der Waals surface area contributed by atoms with Gasteiger partial charge in [-0.15, -0.1) is 11.8 Å². The first kappa shape index (κ1) is 49.7. The molecule has 2 heterocycles. The molecule has 0 N–H and O–H groups in total. The Hall–Kier alpha value is -3.22. The van der Waals surface area contributed by atoms with E-state index in [2.05, 4.69) is 40.7 Å². The number of esters is 3. The predicted molar refractivity (Wildman–Crippen MR) is 251 cm³/mol. The summed E-state index contributed by atoms with van der Waals surface area (Å²) in [7, 11) is 0. The summed E-state index contributed by atoms with van der Waals surface area (Å²) in [6.07, 6.45) is 16.6. The van der Waals surface area contributed by atoms with E-state index in [-0.39, 0.29) is 23.8 Å². The standard InChI is InChI=1S/C53H77NO10S/c1-32(2)16-15-17-33(3)42-22-23-43-41-21-20-37-30-38(24-26-52(37,7)44(41)25-27-53(42,43)8)60-28-13-9-10-14-29-65-51-48(63-36(6)57)47(62-35(5)56)46(61-34(4)55)45(64-51)31-54-49(58)39-18-11-12-19-40(39)50(54)59/h11-12,18-20,32-33,38,41-48,51H,9-10,13-17,21-31H2,1-8H3/t33-,38+,41+,42-,43+,44+,45-,46+,47+,48-,51+,52+,53-/m1/s1. The van der Waals surface area contributed by atoms with Crippen molar-refractivity contribution in [2.45, 2.75) is 188 Å². The fraction of sp³-hybridized carbons (Fsp3) is 0.755. The lowest BCUT2D eigenvalue weighted by Crippen LogP contribution is -2.62. The largest absolute Gasteiger partial charge is 0.456 e. The normalized spacial score (nSPS) is 34.5. The zero-order valence-electron chi connectivity index (χ0n) is 40.5. The van der Waals surface area contributed by atoms with Crippen LogP contribution in [0.25, 0.3) is 0 Å². The Labute approximate surface area is 392 Å². The van der Waals surface area contributed by atoms with Crippen LogP contribution in [-0.2, 0) is 38.1 Å². The van der Waals surface area contributed by atoms with Crippen molar-refractivity contribution in [1.82, 2.24) is 4.90 Å². The number of carbonyl (C=O) groups excluding carboxylic acids is 5. The molecule has 0 radical (unpaired) electrons. The van der Waals surface area contributed by atoms with Crippen LogP contribution in [0.5, 0.6) is 0 Å². The Balaban J connectivity index is 0.884. The number of nitrogens with zero attached hydrogens (tertiary/aromatic N) is 1. The van der Waals surface area contributed by atoms with E-state index in [9.17, 15) is 24.0 Å². The number of imide groups is 1. The van der Waals surface area contributed by atoms with Gasteiger partial charge in [-0.2, -0.15) is 0 Å². The van der Waals surface area contributed by atoms with Gasteiger partial charge in [-0.05, 0) is 128 Å². The van der Waals surface area contributed by atoms with E-state index in [1.54, 1.807) is 29.8 Å². The molecule has 0 aromatic heterocycles. The van der Waals surface area contributed by atoms with E-state index in [1.807, 2.05) is 0 Å². The van der Waals surface area contributed by atoms with Gasteiger partial charge in [0, 0.05) is 27.4 Å². The molecule has 65 heavy (non-hydrogen) atoms. The number of amides is 2. The number of ether oxygens (including phenoxy) is 5. The average molecular weight is 920 g/mol. The lowest BCUT2D eigenvalue weighted by molar-refractivity contribution is -0.232. The van der Waals surface area contributed by atoms with E-state index in [4.69, 9.17) is 23.7 Å². The monoisotopic (exact) mass is 920 g/mol. The first-order valence-corrected chi connectivity index (χ1v) is 26.1. The Morgan fingerprint density at radius 3 is 2.12 bits per heavy atom. The number of hydrogen-bond acceptors (Lipinski definition) is 11. The second-order valence-electron chi connectivity index (χ2n) is 21.3. The third kappa shape index (κ3) is 10.9. The van der Waals surface area contributed by atoms with Crippen LogP contribution in [-0.4, -0.2) is 89.5 Å². The summed E-state index contributed by atoms with van der Waals surface area (Å²) in [4.78, 5) is 64.9. The number of benzene rings is 1. The second-order valence-corrected chi connectivity index (χ2v) is 22.5. The number of thioether (sulfide) groups is 1. The molecule has 11 nitrogen and oxygen atoms in total. The molecule has 2 amide bonds. The fourth-order valence-corrected chi connectivity index (χ4v) is 14.7. The molecule has 0 bridgehead atoms. The van der Waals surface area contributed by atoms with Crippen LogP contribution in [0, 0.1) is 46.3 Å². The number of carbonyl (C=O) groups is 5. The van der Waals surface area contributed by atoms with Crippen LogP contribution in [0.2, 0.25) is 0 Å². The SMILES string of the molecule is CC(=O)O[C@H]1[C@@H](OC(C)=O)[C@@H](CN2C(=O)c3ccccc3C2=O)O[C@@H](SCCCCCCO[C@H]2CC[C@@]3(C)C(=CC[C@H]4[C@@H]5CC[C@H]([C@H](C)CCCC(C)C)[C@@]5(C)CC[C@@H]43)C2)[C@@H]1OC(C)=O. The number of fused-ring (bicyclic) bond motifs is 6. The Kier molecular flexibility index (Phi) is 16.3. The lowest BCUT2D eigenvalue weighted by Gasteiger charge is -2.58. The molecule has 3 saturated carbocycles. The maximum absolute atomic E-state index is 13.4. The summed E-state index contributed by atoms with van der Waals surface area (Å²) in [6.45, 7) is 16.7. The third-order valence-electron chi connectivity index (χ3n) is 16.7. The molecular formula is C53H77NO10S. The molecule has 12 heteroatoms. The van der Waals surface area contributed by atoms with Gasteiger partial charge >= 0.3 is 17.9 Å². The van der Waals surface area contributed by atoms with E-state index < -0.39 is 59.6 Å². The van der Waals surface area contributed by atoms with Gasteiger partial charge in [0.1, 0.15) is 11.5 Å². The number of unbranched alkanes of at least 4 members (excludes halogenated alkanes) is 3. The Morgan fingerprint density at radius 2 is 1.45 bits per heavy atom. The van der Waals surface area contributed by atoms with Crippen molar-refractivity contribution in [3.63, 3.8) is 0 Å². The van der Waals surface area contributed by atoms with Crippen LogP contribution >= 0.6 is 11.8 Å². The molecule has 0 unspecified atom stereocenters. The summed E-state index contributed by atoms with van der Waals surface area (Å²) in [6, 6.07) is 6.54. The van der Waals surface area contributed by atoms with Crippen molar-refractivity contribution in [2.75, 3.05) is 18.9 Å². The molecule has 4 fully saturated rings. The molecule has 1 aromatic carbocycles.